The van der Waals surface area contributed by atoms with Crippen LogP contribution >= 0.6 is 0 Å². The lowest BCUT2D eigenvalue weighted by Crippen LogP contribution is -2.57. The van der Waals surface area contributed by atoms with Gasteiger partial charge in [-0.1, -0.05) is 6.07 Å². The Morgan fingerprint density at radius 1 is 1.14 bits per heavy atom. The van der Waals surface area contributed by atoms with Crippen molar-refractivity contribution in [2.45, 2.75) is 62.2 Å². The second kappa shape index (κ2) is 4.87. The average Bonchev–Trinajstić information content (AvgIpc) is 3.44. The molecule has 0 N–H and O–H groups in total. The molecular weight excluding hydrogens is 362 g/mol. The van der Waals surface area contributed by atoms with E-state index in [-0.39, 0.29) is 11.2 Å². The predicted octanol–water partition coefficient (Wildman–Crippen LogP) is 3.52. The SMILES string of the molecule is COc1ccc2c(c1)C13CC4(OCCO4)C4CCC5N(CC6CC6)CC1(C2)C53C4. The Balaban J connectivity index is 1.31. The van der Waals surface area contributed by atoms with Crippen molar-refractivity contribution in [2.75, 3.05) is 33.4 Å². The van der Waals surface area contributed by atoms with Gasteiger partial charge in [0.2, 0.25) is 0 Å². The Kier molecular flexibility index (Phi) is 2.78. The van der Waals surface area contributed by atoms with Gasteiger partial charge >= 0.3 is 0 Å². The third kappa shape index (κ3) is 1.58. The van der Waals surface area contributed by atoms with Crippen molar-refractivity contribution >= 4 is 0 Å². The zero-order valence-electron chi connectivity index (χ0n) is 17.4. The third-order valence-electron chi connectivity index (χ3n) is 10.6. The molecule has 2 saturated heterocycles. The summed E-state index contributed by atoms with van der Waals surface area (Å²) in [5.74, 6) is 2.26. The monoisotopic (exact) mass is 393 g/mol. The first-order valence-corrected chi connectivity index (χ1v) is 11.9. The second-order valence-electron chi connectivity index (χ2n) is 11.2. The maximum absolute atomic E-state index is 6.47. The van der Waals surface area contributed by atoms with Crippen LogP contribution in [0.1, 0.15) is 49.7 Å². The standard InChI is InChI=1S/C25H31NO3/c1-27-19-6-4-17-11-22-15-26(13-16-2-3-16)21-7-5-18-12-23(21,22)24(22,20(17)10-19)14-25(18)28-8-9-29-25/h4,6,10,16,18,21H,2-3,5,7-9,11-15H2,1H3. The van der Waals surface area contributed by atoms with Crippen LogP contribution in [0.5, 0.6) is 5.75 Å². The number of hydrogen-bond donors (Lipinski definition) is 0. The van der Waals surface area contributed by atoms with Gasteiger partial charge in [-0.3, -0.25) is 4.90 Å². The molecule has 2 bridgehead atoms. The highest BCUT2D eigenvalue weighted by molar-refractivity contribution is 5.63. The molecule has 0 radical (unpaired) electrons. The molecule has 29 heavy (non-hydrogen) atoms. The first kappa shape index (κ1) is 16.6. The van der Waals surface area contributed by atoms with Crippen LogP contribution in [0.4, 0.5) is 0 Å². The molecule has 5 aliphatic carbocycles. The molecule has 2 heterocycles. The topological polar surface area (TPSA) is 30.9 Å². The third-order valence-corrected chi connectivity index (χ3v) is 10.6. The fraction of sp³-hybridized carbons (Fsp3) is 0.760. The van der Waals surface area contributed by atoms with Gasteiger partial charge in [0.1, 0.15) is 5.75 Å². The maximum atomic E-state index is 6.47. The largest absolute Gasteiger partial charge is 0.497 e. The van der Waals surface area contributed by atoms with E-state index in [0.29, 0.717) is 16.7 Å². The van der Waals surface area contributed by atoms with Gasteiger partial charge in [0, 0.05) is 47.7 Å². The fourth-order valence-corrected chi connectivity index (χ4v) is 9.68. The van der Waals surface area contributed by atoms with Crippen molar-refractivity contribution in [3.63, 3.8) is 0 Å². The molecule has 0 aromatic heterocycles. The number of nitrogens with zero attached hydrogens (tertiary/aromatic N) is 1. The lowest BCUT2D eigenvalue weighted by atomic mass is 9.59. The van der Waals surface area contributed by atoms with Gasteiger partial charge in [-0.15, -0.1) is 0 Å². The quantitative estimate of drug-likeness (QED) is 0.786. The number of methoxy groups -OCH3 is 1. The van der Waals surface area contributed by atoms with E-state index in [4.69, 9.17) is 14.2 Å². The minimum absolute atomic E-state index is 0.246. The lowest BCUT2D eigenvalue weighted by molar-refractivity contribution is -0.237. The van der Waals surface area contributed by atoms with Crippen molar-refractivity contribution in [1.29, 1.82) is 0 Å². The van der Waals surface area contributed by atoms with E-state index in [2.05, 4.69) is 23.1 Å². The molecule has 4 heteroatoms. The summed E-state index contributed by atoms with van der Waals surface area (Å²) in [5.41, 5.74) is 4.27. The smallest absolute Gasteiger partial charge is 0.172 e. The van der Waals surface area contributed by atoms with Crippen LogP contribution in [-0.2, 0) is 21.3 Å². The lowest BCUT2D eigenvalue weighted by Gasteiger charge is -2.53. The molecule has 5 unspecified atom stereocenters. The highest BCUT2D eigenvalue weighted by atomic mass is 16.7. The summed E-state index contributed by atoms with van der Waals surface area (Å²) in [4.78, 5) is 2.95. The molecule has 1 aromatic carbocycles. The number of fused-ring (bicyclic) bond motifs is 3. The van der Waals surface area contributed by atoms with Crippen molar-refractivity contribution in [1.82, 2.24) is 4.90 Å². The zero-order valence-corrected chi connectivity index (χ0v) is 17.4. The van der Waals surface area contributed by atoms with Crippen molar-refractivity contribution in [3.8, 4) is 5.75 Å². The molecule has 6 fully saturated rings. The Hall–Kier alpha value is -1.10. The molecule has 154 valence electrons. The average molecular weight is 394 g/mol. The molecule has 2 aliphatic heterocycles. The van der Waals surface area contributed by atoms with E-state index < -0.39 is 0 Å². The minimum Gasteiger partial charge on any atom is -0.497 e. The maximum Gasteiger partial charge on any atom is 0.172 e. The number of ether oxygens (including phenoxy) is 3. The zero-order chi connectivity index (χ0) is 19.1. The fourth-order valence-electron chi connectivity index (χ4n) is 9.68. The first-order valence-electron chi connectivity index (χ1n) is 11.9. The molecule has 4 nitrogen and oxygen atoms in total. The van der Waals surface area contributed by atoms with Gasteiger partial charge in [0.25, 0.3) is 0 Å². The van der Waals surface area contributed by atoms with E-state index in [9.17, 15) is 0 Å². The Bertz CT molecular complexity index is 921. The number of likely N-dealkylation sites (tertiary alicyclic amines) is 1. The van der Waals surface area contributed by atoms with E-state index in [1.54, 1.807) is 18.2 Å². The molecule has 7 aliphatic rings. The first-order chi connectivity index (χ1) is 14.2. The van der Waals surface area contributed by atoms with Crippen LogP contribution in [-0.4, -0.2) is 50.1 Å². The van der Waals surface area contributed by atoms with Crippen LogP contribution in [0.2, 0.25) is 0 Å². The summed E-state index contributed by atoms with van der Waals surface area (Å²) < 4.78 is 18.6. The molecule has 4 saturated carbocycles. The summed E-state index contributed by atoms with van der Waals surface area (Å²) in [5, 5.41) is 0. The van der Waals surface area contributed by atoms with Crippen molar-refractivity contribution in [3.05, 3.63) is 29.3 Å². The summed E-state index contributed by atoms with van der Waals surface area (Å²) >= 11 is 0. The van der Waals surface area contributed by atoms with Gasteiger partial charge in [-0.25, -0.2) is 0 Å². The normalized spacial score (nSPS) is 47.8. The van der Waals surface area contributed by atoms with Crippen LogP contribution < -0.4 is 4.74 Å². The summed E-state index contributed by atoms with van der Waals surface area (Å²) in [6, 6.07) is 7.69. The van der Waals surface area contributed by atoms with Crippen LogP contribution in [0.25, 0.3) is 0 Å². The second-order valence-corrected chi connectivity index (χ2v) is 11.2. The summed E-state index contributed by atoms with van der Waals surface area (Å²) in [6.45, 7) is 4.20. The number of benzene rings is 1. The van der Waals surface area contributed by atoms with Crippen molar-refractivity contribution in [2.24, 2.45) is 22.7 Å². The predicted molar refractivity (Wildman–Crippen MR) is 108 cm³/mol. The van der Waals surface area contributed by atoms with Gasteiger partial charge in [-0.2, -0.15) is 0 Å². The Morgan fingerprint density at radius 3 is 2.79 bits per heavy atom. The van der Waals surface area contributed by atoms with Gasteiger partial charge in [-0.05, 0) is 67.7 Å². The van der Waals surface area contributed by atoms with Crippen LogP contribution in [0.15, 0.2) is 18.2 Å². The van der Waals surface area contributed by atoms with E-state index in [1.165, 1.54) is 51.6 Å². The number of hydrogen-bond acceptors (Lipinski definition) is 4. The van der Waals surface area contributed by atoms with Gasteiger partial charge in [0.15, 0.2) is 5.79 Å². The van der Waals surface area contributed by atoms with Crippen molar-refractivity contribution < 1.29 is 14.2 Å². The highest BCUT2D eigenvalue weighted by Crippen LogP contribution is 2.94. The minimum atomic E-state index is -0.320. The van der Waals surface area contributed by atoms with E-state index in [1.807, 2.05) is 0 Å². The van der Waals surface area contributed by atoms with E-state index in [0.717, 1.165) is 37.3 Å². The molecule has 1 aromatic rings. The molecule has 4 spiro atoms. The van der Waals surface area contributed by atoms with Crippen LogP contribution in [0.3, 0.4) is 0 Å². The highest BCUT2D eigenvalue weighted by Gasteiger charge is 2.96. The summed E-state index contributed by atoms with van der Waals surface area (Å²) in [7, 11) is 1.80. The number of piperidine rings is 1. The molecule has 5 atom stereocenters. The Labute approximate surface area is 172 Å². The van der Waals surface area contributed by atoms with Crippen LogP contribution in [0, 0.1) is 22.7 Å². The van der Waals surface area contributed by atoms with Gasteiger partial charge < -0.3 is 14.2 Å². The molecule has 8 rings (SSSR count). The summed E-state index contributed by atoms with van der Waals surface area (Å²) in [6.07, 6.45) is 9.19. The van der Waals surface area contributed by atoms with Gasteiger partial charge in [0.05, 0.1) is 20.3 Å². The Morgan fingerprint density at radius 2 is 2.00 bits per heavy atom. The molecular formula is C25H31NO3. The van der Waals surface area contributed by atoms with E-state index >= 15 is 0 Å². The number of rotatable bonds is 3. The molecule has 0 amide bonds.